The number of nitrogens with zero attached hydrogens (tertiary/aromatic N) is 4. The molecule has 0 bridgehead atoms. The number of hydrogen-bond donors (Lipinski definition) is 1. The van der Waals surface area contributed by atoms with Crippen LogP contribution in [0.25, 0.3) is 5.69 Å². The maximum Gasteiger partial charge on any atom is 0.416 e. The maximum absolute atomic E-state index is 14.2. The van der Waals surface area contributed by atoms with E-state index in [-0.39, 0.29) is 12.1 Å². The fourth-order valence-electron chi connectivity index (χ4n) is 5.33. The first-order valence-corrected chi connectivity index (χ1v) is 13.4. The Labute approximate surface area is 240 Å². The molecule has 0 saturated carbocycles. The fourth-order valence-corrected chi connectivity index (χ4v) is 5.33. The van der Waals surface area contributed by atoms with Crippen molar-refractivity contribution in [2.75, 3.05) is 25.5 Å². The number of amides is 2. The number of aromatic nitrogens is 2. The van der Waals surface area contributed by atoms with Gasteiger partial charge >= 0.3 is 6.18 Å². The topological polar surface area (TPSA) is 70.5 Å². The molecule has 1 N–H and O–H groups in total. The molecule has 1 unspecified atom stereocenters. The largest absolute Gasteiger partial charge is 0.416 e. The Bertz CT molecular complexity index is 1600. The van der Waals surface area contributed by atoms with Crippen LogP contribution in [0.15, 0.2) is 78.9 Å². The highest BCUT2D eigenvalue weighted by atomic mass is 19.4. The van der Waals surface area contributed by atoms with Crippen LogP contribution in [0.2, 0.25) is 0 Å². The van der Waals surface area contributed by atoms with E-state index in [1.54, 1.807) is 23.7 Å². The SMILES string of the molecule is CCN1C(=O)C(NC(=O)c2cccc(C(F)(F)F)c2)[C@@H](c2ccc(F)cc2)c2c(CN(C)C)nn(-c3ccccc3)c21. The summed E-state index contributed by atoms with van der Waals surface area (Å²) in [5.74, 6) is -2.07. The second kappa shape index (κ2) is 11.4. The van der Waals surface area contributed by atoms with Gasteiger partial charge in [0.15, 0.2) is 0 Å². The van der Waals surface area contributed by atoms with Gasteiger partial charge in [-0.05, 0) is 69.0 Å². The zero-order valence-electron chi connectivity index (χ0n) is 23.2. The van der Waals surface area contributed by atoms with Crippen molar-refractivity contribution in [1.82, 2.24) is 20.0 Å². The summed E-state index contributed by atoms with van der Waals surface area (Å²) in [5, 5.41) is 7.63. The third-order valence-electron chi connectivity index (χ3n) is 7.16. The van der Waals surface area contributed by atoms with Crippen LogP contribution in [-0.4, -0.2) is 53.2 Å². The minimum Gasteiger partial charge on any atom is -0.339 e. The van der Waals surface area contributed by atoms with E-state index >= 15 is 0 Å². The number of carbonyl (C=O) groups is 2. The summed E-state index contributed by atoms with van der Waals surface area (Å²) >= 11 is 0. The normalized spacial score (nSPS) is 17.0. The Morgan fingerprint density at radius 1 is 1.00 bits per heavy atom. The van der Waals surface area contributed by atoms with Gasteiger partial charge in [-0.3, -0.25) is 14.5 Å². The van der Waals surface area contributed by atoms with Crippen molar-refractivity contribution < 1.29 is 27.2 Å². The van der Waals surface area contributed by atoms with Crippen LogP contribution < -0.4 is 10.2 Å². The fraction of sp³-hybridized carbons (Fsp3) is 0.258. The maximum atomic E-state index is 14.2. The number of halogens is 4. The molecule has 4 aromatic rings. The number of anilines is 1. The van der Waals surface area contributed by atoms with Gasteiger partial charge in [-0.2, -0.15) is 18.3 Å². The van der Waals surface area contributed by atoms with Crippen LogP contribution >= 0.6 is 0 Å². The molecule has 5 rings (SSSR count). The molecule has 11 heteroatoms. The minimum absolute atomic E-state index is 0.234. The predicted molar refractivity (Wildman–Crippen MR) is 150 cm³/mol. The Kier molecular flexibility index (Phi) is 7.87. The standard InChI is InChI=1S/C31H29F4N5O2/c1-4-39-29-26(24(18-38(2)3)37-40(29)23-11-6-5-7-12-23)25(19-13-15-22(32)16-14-19)27(30(39)42)36-28(41)20-9-8-10-21(17-20)31(33,34)35/h5-17,25,27H,4,18H2,1-3H3,(H,36,41)/t25-,27?/m0/s1. The molecule has 1 aromatic heterocycles. The predicted octanol–water partition coefficient (Wildman–Crippen LogP) is 5.39. The Morgan fingerprint density at radius 2 is 1.69 bits per heavy atom. The smallest absolute Gasteiger partial charge is 0.339 e. The highest BCUT2D eigenvalue weighted by Crippen LogP contribution is 2.44. The summed E-state index contributed by atoms with van der Waals surface area (Å²) in [6.45, 7) is 2.41. The van der Waals surface area contributed by atoms with E-state index in [4.69, 9.17) is 5.10 Å². The number of rotatable bonds is 7. The molecule has 1 aliphatic rings. The van der Waals surface area contributed by atoms with Crippen LogP contribution in [0, 0.1) is 5.82 Å². The van der Waals surface area contributed by atoms with E-state index in [1.807, 2.05) is 49.3 Å². The summed E-state index contributed by atoms with van der Waals surface area (Å²) in [4.78, 5) is 31.0. The summed E-state index contributed by atoms with van der Waals surface area (Å²) in [7, 11) is 3.75. The van der Waals surface area contributed by atoms with Gasteiger partial charge < -0.3 is 10.2 Å². The van der Waals surface area contributed by atoms with E-state index in [0.29, 0.717) is 34.9 Å². The molecule has 3 aromatic carbocycles. The molecule has 7 nitrogen and oxygen atoms in total. The van der Waals surface area contributed by atoms with Gasteiger partial charge in [0, 0.05) is 30.1 Å². The molecule has 218 valence electrons. The third kappa shape index (κ3) is 5.52. The van der Waals surface area contributed by atoms with Crippen LogP contribution in [0.5, 0.6) is 0 Å². The first kappa shape index (κ1) is 29.0. The second-order valence-electron chi connectivity index (χ2n) is 10.3. The number of para-hydroxylation sites is 1. The lowest BCUT2D eigenvalue weighted by molar-refractivity contribution is -0.137. The number of benzene rings is 3. The number of alkyl halides is 3. The van der Waals surface area contributed by atoms with Gasteiger partial charge in [0.2, 0.25) is 0 Å². The summed E-state index contributed by atoms with van der Waals surface area (Å²) in [5.41, 5.74) is 1.35. The van der Waals surface area contributed by atoms with Gasteiger partial charge in [-0.15, -0.1) is 0 Å². The molecular weight excluding hydrogens is 550 g/mol. The van der Waals surface area contributed by atoms with Crippen molar-refractivity contribution in [3.05, 3.63) is 113 Å². The average molecular weight is 580 g/mol. The third-order valence-corrected chi connectivity index (χ3v) is 7.16. The molecule has 2 heterocycles. The molecule has 1 aliphatic heterocycles. The molecule has 2 atom stereocenters. The van der Waals surface area contributed by atoms with Crippen LogP contribution in [-0.2, 0) is 17.5 Å². The highest BCUT2D eigenvalue weighted by Gasteiger charge is 2.46. The van der Waals surface area contributed by atoms with Gasteiger partial charge in [-0.1, -0.05) is 36.4 Å². The van der Waals surface area contributed by atoms with Crippen molar-refractivity contribution >= 4 is 17.6 Å². The molecule has 2 amide bonds. The van der Waals surface area contributed by atoms with Crippen molar-refractivity contribution in [3.63, 3.8) is 0 Å². The number of carbonyl (C=O) groups excluding carboxylic acids is 2. The monoisotopic (exact) mass is 579 g/mol. The van der Waals surface area contributed by atoms with Gasteiger partial charge in [0.1, 0.15) is 17.7 Å². The number of fused-ring (bicyclic) bond motifs is 1. The van der Waals surface area contributed by atoms with Crippen molar-refractivity contribution in [2.24, 2.45) is 0 Å². The lowest BCUT2D eigenvalue weighted by Gasteiger charge is -2.38. The molecule has 0 spiro atoms. The molecule has 0 radical (unpaired) electrons. The summed E-state index contributed by atoms with van der Waals surface area (Å²) < 4.78 is 55.9. The van der Waals surface area contributed by atoms with Gasteiger partial charge in [-0.25, -0.2) is 9.07 Å². The van der Waals surface area contributed by atoms with Gasteiger partial charge in [0.25, 0.3) is 11.8 Å². The number of hydrogen-bond acceptors (Lipinski definition) is 4. The molecule has 42 heavy (non-hydrogen) atoms. The first-order chi connectivity index (χ1) is 20.0. The van der Waals surface area contributed by atoms with Crippen LogP contribution in [0.4, 0.5) is 23.4 Å². The van der Waals surface area contributed by atoms with E-state index in [0.717, 1.165) is 18.2 Å². The summed E-state index contributed by atoms with van der Waals surface area (Å²) in [6.07, 6.45) is -4.64. The van der Waals surface area contributed by atoms with Crippen LogP contribution in [0.1, 0.15) is 45.6 Å². The lowest BCUT2D eigenvalue weighted by Crippen LogP contribution is -2.55. The zero-order chi connectivity index (χ0) is 30.2. The zero-order valence-corrected chi connectivity index (χ0v) is 23.2. The highest BCUT2D eigenvalue weighted by molar-refractivity contribution is 6.05. The van der Waals surface area contributed by atoms with E-state index in [1.165, 1.54) is 23.1 Å². The first-order valence-electron chi connectivity index (χ1n) is 13.4. The van der Waals surface area contributed by atoms with Crippen molar-refractivity contribution in [3.8, 4) is 5.69 Å². The molecule has 0 fully saturated rings. The minimum atomic E-state index is -4.64. The Morgan fingerprint density at radius 3 is 2.31 bits per heavy atom. The quantitative estimate of drug-likeness (QED) is 0.298. The molecule has 0 aliphatic carbocycles. The van der Waals surface area contributed by atoms with E-state index < -0.39 is 41.3 Å². The number of likely N-dealkylation sites (N-methyl/N-ethyl adjacent to an activating group) is 1. The lowest BCUT2D eigenvalue weighted by atomic mass is 9.80. The summed E-state index contributed by atoms with van der Waals surface area (Å²) in [6, 6.07) is 17.7. The van der Waals surface area contributed by atoms with Crippen LogP contribution in [0.3, 0.4) is 0 Å². The van der Waals surface area contributed by atoms with Gasteiger partial charge in [0.05, 0.1) is 16.9 Å². The van der Waals surface area contributed by atoms with Crippen molar-refractivity contribution in [1.29, 1.82) is 0 Å². The second-order valence-corrected chi connectivity index (χ2v) is 10.3. The average Bonchev–Trinajstić information content (AvgIpc) is 3.32. The van der Waals surface area contributed by atoms with Crippen molar-refractivity contribution in [2.45, 2.75) is 31.6 Å². The molecular formula is C31H29F4N5O2. The Hall–Kier alpha value is -4.51. The van der Waals surface area contributed by atoms with E-state index in [2.05, 4.69) is 5.32 Å². The molecule has 0 saturated heterocycles. The van der Waals surface area contributed by atoms with E-state index in [9.17, 15) is 27.2 Å². The Balaban J connectivity index is 1.70. The number of nitrogens with one attached hydrogen (secondary N) is 1.